The lowest BCUT2D eigenvalue weighted by atomic mass is 10.1. The van der Waals surface area contributed by atoms with Crippen molar-refractivity contribution in [3.05, 3.63) is 58.2 Å². The van der Waals surface area contributed by atoms with Gasteiger partial charge in [0.2, 0.25) is 0 Å². The highest BCUT2D eigenvalue weighted by atomic mass is 79.9. The number of sulfonamides is 1. The average molecular weight is 411 g/mol. The van der Waals surface area contributed by atoms with Crippen LogP contribution >= 0.6 is 27.3 Å². The monoisotopic (exact) mass is 410 g/mol. The minimum absolute atomic E-state index is 0.0642. The molecule has 3 aromatic rings. The Balaban J connectivity index is 1.92. The van der Waals surface area contributed by atoms with Crippen LogP contribution in [0.4, 0.5) is 0 Å². The molecule has 2 heterocycles. The van der Waals surface area contributed by atoms with Gasteiger partial charge in [0.05, 0.1) is 10.2 Å². The van der Waals surface area contributed by atoms with Crippen LogP contribution in [0.1, 0.15) is 15.9 Å². The Morgan fingerprint density at radius 3 is 2.74 bits per heavy atom. The molecule has 0 aliphatic heterocycles. The molecule has 1 amide bonds. The van der Waals surface area contributed by atoms with Crippen LogP contribution in [0.25, 0.3) is 10.2 Å². The Labute approximate surface area is 145 Å². The van der Waals surface area contributed by atoms with E-state index in [-0.39, 0.29) is 4.21 Å². The molecule has 0 spiro atoms. The summed E-state index contributed by atoms with van der Waals surface area (Å²) < 4.78 is 28.6. The van der Waals surface area contributed by atoms with Gasteiger partial charge in [-0.3, -0.25) is 9.78 Å². The smallest absolute Gasteiger partial charge is 0.268 e. The fraction of sp³-hybridized carbons (Fsp3) is 0.0667. The zero-order valence-corrected chi connectivity index (χ0v) is 15.1. The SMILES string of the molecule is Cc1cc(Br)ccc1C(=O)NS(=O)(=O)c1cc2ncccc2s1. The van der Waals surface area contributed by atoms with Crippen LogP contribution in [0.2, 0.25) is 0 Å². The summed E-state index contributed by atoms with van der Waals surface area (Å²) >= 11 is 4.38. The summed E-state index contributed by atoms with van der Waals surface area (Å²) in [6.07, 6.45) is 1.59. The third-order valence-corrected chi connectivity index (χ3v) is 6.58. The Morgan fingerprint density at radius 1 is 1.26 bits per heavy atom. The number of hydrogen-bond donors (Lipinski definition) is 1. The van der Waals surface area contributed by atoms with E-state index in [2.05, 4.69) is 25.6 Å². The number of amides is 1. The average Bonchev–Trinajstić information content (AvgIpc) is 2.91. The molecule has 0 aliphatic rings. The van der Waals surface area contributed by atoms with Crippen molar-refractivity contribution in [2.24, 2.45) is 0 Å². The maximum Gasteiger partial charge on any atom is 0.273 e. The van der Waals surface area contributed by atoms with E-state index in [4.69, 9.17) is 0 Å². The molecule has 0 atom stereocenters. The van der Waals surface area contributed by atoms with E-state index in [9.17, 15) is 13.2 Å². The molecule has 3 rings (SSSR count). The van der Waals surface area contributed by atoms with E-state index in [1.54, 1.807) is 43.5 Å². The zero-order valence-electron chi connectivity index (χ0n) is 11.9. The summed E-state index contributed by atoms with van der Waals surface area (Å²) in [4.78, 5) is 16.4. The molecule has 1 N–H and O–H groups in total. The fourth-order valence-electron chi connectivity index (χ4n) is 2.09. The number of nitrogens with one attached hydrogen (secondary N) is 1. The molecule has 0 unspecified atom stereocenters. The first-order valence-corrected chi connectivity index (χ1v) is 9.64. The van der Waals surface area contributed by atoms with Crippen LogP contribution in [0.15, 0.2) is 51.3 Å². The van der Waals surface area contributed by atoms with Crippen molar-refractivity contribution in [3.63, 3.8) is 0 Å². The number of nitrogens with zero attached hydrogens (tertiary/aromatic N) is 1. The van der Waals surface area contributed by atoms with Gasteiger partial charge in [0.15, 0.2) is 0 Å². The molecule has 1 aromatic carbocycles. The van der Waals surface area contributed by atoms with Crippen LogP contribution in [-0.4, -0.2) is 19.3 Å². The molecule has 5 nitrogen and oxygen atoms in total. The molecule has 118 valence electrons. The highest BCUT2D eigenvalue weighted by molar-refractivity contribution is 9.10. The topological polar surface area (TPSA) is 76.1 Å². The zero-order chi connectivity index (χ0) is 16.6. The lowest BCUT2D eigenvalue weighted by Gasteiger charge is -2.07. The number of benzene rings is 1. The first kappa shape index (κ1) is 16.1. The fourth-order valence-corrected chi connectivity index (χ4v) is 4.87. The van der Waals surface area contributed by atoms with E-state index in [0.717, 1.165) is 20.5 Å². The summed E-state index contributed by atoms with van der Waals surface area (Å²) in [5.74, 6) is -0.652. The van der Waals surface area contributed by atoms with Crippen LogP contribution in [0.3, 0.4) is 0 Å². The molecular weight excluding hydrogens is 400 g/mol. The summed E-state index contributed by atoms with van der Waals surface area (Å²) in [5, 5.41) is 0. The second-order valence-corrected chi connectivity index (χ2v) is 8.75. The standard InChI is InChI=1S/C15H11BrN2O3S2/c1-9-7-10(16)4-5-11(9)15(19)18-23(20,21)14-8-12-13(22-14)3-2-6-17-12/h2-8H,1H3,(H,18,19). The number of halogens is 1. The van der Waals surface area contributed by atoms with Crippen molar-refractivity contribution in [2.45, 2.75) is 11.1 Å². The maximum atomic E-state index is 12.4. The van der Waals surface area contributed by atoms with Gasteiger partial charge in [0.1, 0.15) is 4.21 Å². The van der Waals surface area contributed by atoms with Gasteiger partial charge >= 0.3 is 0 Å². The Bertz CT molecular complexity index is 979. The molecule has 23 heavy (non-hydrogen) atoms. The second kappa shape index (κ2) is 6.03. The summed E-state index contributed by atoms with van der Waals surface area (Å²) in [5.41, 5.74) is 1.59. The van der Waals surface area contributed by atoms with E-state index in [0.29, 0.717) is 16.6 Å². The first-order valence-electron chi connectivity index (χ1n) is 6.55. The number of fused-ring (bicyclic) bond motifs is 1. The molecular formula is C15H11BrN2O3S2. The molecule has 2 aromatic heterocycles. The third kappa shape index (κ3) is 3.29. The first-order chi connectivity index (χ1) is 10.9. The summed E-state index contributed by atoms with van der Waals surface area (Å²) in [6, 6.07) is 10.0. The van der Waals surface area contributed by atoms with Gasteiger partial charge in [-0.1, -0.05) is 15.9 Å². The number of rotatable bonds is 3. The van der Waals surface area contributed by atoms with Crippen molar-refractivity contribution >= 4 is 53.4 Å². The molecule has 0 fully saturated rings. The number of hydrogen-bond acceptors (Lipinski definition) is 5. The lowest BCUT2D eigenvalue weighted by Crippen LogP contribution is -2.30. The van der Waals surface area contributed by atoms with Crippen LogP contribution < -0.4 is 4.72 Å². The minimum atomic E-state index is -3.93. The summed E-state index contributed by atoms with van der Waals surface area (Å²) in [6.45, 7) is 1.75. The second-order valence-electron chi connectivity index (χ2n) is 4.85. The predicted molar refractivity (Wildman–Crippen MR) is 93.2 cm³/mol. The molecule has 0 saturated heterocycles. The van der Waals surface area contributed by atoms with Crippen LogP contribution in [0.5, 0.6) is 0 Å². The number of thiophene rings is 1. The third-order valence-electron chi connectivity index (χ3n) is 3.19. The van der Waals surface area contributed by atoms with Gasteiger partial charge in [-0.25, -0.2) is 13.1 Å². The van der Waals surface area contributed by atoms with Crippen LogP contribution in [-0.2, 0) is 10.0 Å². The largest absolute Gasteiger partial charge is 0.273 e. The number of aryl methyl sites for hydroxylation is 1. The molecule has 0 aliphatic carbocycles. The van der Waals surface area contributed by atoms with Crippen molar-refractivity contribution in [1.82, 2.24) is 9.71 Å². The normalized spacial score (nSPS) is 11.6. The molecule has 0 radical (unpaired) electrons. The summed E-state index contributed by atoms with van der Waals surface area (Å²) in [7, 11) is -3.93. The van der Waals surface area contributed by atoms with Gasteiger partial charge < -0.3 is 0 Å². The van der Waals surface area contributed by atoms with Crippen molar-refractivity contribution in [3.8, 4) is 0 Å². The minimum Gasteiger partial charge on any atom is -0.268 e. The quantitative estimate of drug-likeness (QED) is 0.716. The number of carbonyl (C=O) groups excluding carboxylic acids is 1. The van der Waals surface area contributed by atoms with Gasteiger partial charge in [-0.15, -0.1) is 11.3 Å². The lowest BCUT2D eigenvalue weighted by molar-refractivity contribution is 0.0981. The Kier molecular flexibility index (Phi) is 4.22. The molecule has 8 heteroatoms. The highest BCUT2D eigenvalue weighted by Gasteiger charge is 2.22. The predicted octanol–water partition coefficient (Wildman–Crippen LogP) is 3.49. The molecule has 0 saturated carbocycles. The maximum absolute atomic E-state index is 12.4. The number of carbonyl (C=O) groups is 1. The Morgan fingerprint density at radius 2 is 2.04 bits per heavy atom. The van der Waals surface area contributed by atoms with Gasteiger partial charge in [-0.2, -0.15) is 0 Å². The Hall–Kier alpha value is -1.77. The van der Waals surface area contributed by atoms with Gasteiger partial charge in [-0.05, 0) is 48.9 Å². The van der Waals surface area contributed by atoms with Crippen molar-refractivity contribution in [1.29, 1.82) is 0 Å². The van der Waals surface area contributed by atoms with E-state index in [1.165, 1.54) is 6.07 Å². The van der Waals surface area contributed by atoms with E-state index in [1.807, 2.05) is 0 Å². The van der Waals surface area contributed by atoms with Crippen molar-refractivity contribution < 1.29 is 13.2 Å². The van der Waals surface area contributed by atoms with Gasteiger partial charge in [0, 0.05) is 16.2 Å². The van der Waals surface area contributed by atoms with Crippen molar-refractivity contribution in [2.75, 3.05) is 0 Å². The highest BCUT2D eigenvalue weighted by Crippen LogP contribution is 2.27. The van der Waals surface area contributed by atoms with E-state index >= 15 is 0 Å². The van der Waals surface area contributed by atoms with Crippen LogP contribution in [0, 0.1) is 6.92 Å². The number of aromatic nitrogens is 1. The molecule has 0 bridgehead atoms. The van der Waals surface area contributed by atoms with E-state index < -0.39 is 15.9 Å². The number of pyridine rings is 1. The van der Waals surface area contributed by atoms with Gasteiger partial charge in [0.25, 0.3) is 15.9 Å².